The molecule has 0 aliphatic carbocycles. The Bertz CT molecular complexity index is 486. The Morgan fingerprint density at radius 3 is 2.89 bits per heavy atom. The number of nitrogens with zero attached hydrogens (tertiary/aromatic N) is 1. The summed E-state index contributed by atoms with van der Waals surface area (Å²) in [5.74, 6) is -0.352. The maximum absolute atomic E-state index is 11.7. The number of hydrogen-bond donors (Lipinski definition) is 2. The van der Waals surface area contributed by atoms with Crippen LogP contribution < -0.4 is 10.6 Å². The summed E-state index contributed by atoms with van der Waals surface area (Å²) >= 11 is 0. The monoisotopic (exact) mass is 264 g/mol. The average Bonchev–Trinajstić information content (AvgIpc) is 2.70. The molecular weight excluding hydrogens is 244 g/mol. The van der Waals surface area contributed by atoms with Crippen molar-refractivity contribution in [3.05, 3.63) is 23.8 Å². The minimum atomic E-state index is -0.702. The summed E-state index contributed by atoms with van der Waals surface area (Å²) in [4.78, 5) is 13.7. The first kappa shape index (κ1) is 13.7. The number of β-amino-alcohol motifs (C(OH)–C–C–N with tert-alkyl or cyclic N) is 1. The number of anilines is 2. The van der Waals surface area contributed by atoms with Crippen LogP contribution in [0.25, 0.3) is 0 Å². The zero-order chi connectivity index (χ0) is 14.0. The van der Waals surface area contributed by atoms with Crippen LogP contribution in [0.2, 0.25) is 0 Å². The largest absolute Gasteiger partial charge is 0.462 e. The molecule has 3 N–H and O–H groups in total. The normalized spacial score (nSPS) is 22.6. The molecule has 1 aliphatic heterocycles. The summed E-state index contributed by atoms with van der Waals surface area (Å²) in [6.07, 6.45) is 0.691. The second-order valence-corrected chi connectivity index (χ2v) is 5.16. The van der Waals surface area contributed by atoms with Crippen molar-refractivity contribution >= 4 is 17.3 Å². The predicted molar refractivity (Wildman–Crippen MR) is 74.3 cm³/mol. The van der Waals surface area contributed by atoms with Crippen molar-refractivity contribution in [1.82, 2.24) is 0 Å². The zero-order valence-corrected chi connectivity index (χ0v) is 11.3. The number of carbonyl (C=O) groups is 1. The quantitative estimate of drug-likeness (QED) is 0.637. The lowest BCUT2D eigenvalue weighted by atomic mass is 10.1. The van der Waals surface area contributed by atoms with E-state index in [1.165, 1.54) is 0 Å². The third-order valence-corrected chi connectivity index (χ3v) is 3.33. The Labute approximate surface area is 113 Å². The van der Waals surface area contributed by atoms with E-state index in [0.717, 1.165) is 12.2 Å². The minimum absolute atomic E-state index is 0.344. The van der Waals surface area contributed by atoms with Crippen molar-refractivity contribution in [3.8, 4) is 0 Å². The van der Waals surface area contributed by atoms with Gasteiger partial charge in [0, 0.05) is 13.1 Å². The number of rotatable bonds is 3. The van der Waals surface area contributed by atoms with Crippen molar-refractivity contribution in [1.29, 1.82) is 0 Å². The summed E-state index contributed by atoms with van der Waals surface area (Å²) in [5, 5.41) is 10.0. The standard InChI is InChI=1S/C14H20N2O3/c1-3-19-13(17)10-4-5-11(15)12(8-10)16-7-6-14(2,18)9-16/h4-5,8,18H,3,6-7,9,15H2,1-2H3. The van der Waals surface area contributed by atoms with Crippen LogP contribution in [0.3, 0.4) is 0 Å². The Morgan fingerprint density at radius 1 is 1.58 bits per heavy atom. The number of carbonyl (C=O) groups excluding carboxylic acids is 1. The first-order chi connectivity index (χ1) is 8.93. The van der Waals surface area contributed by atoms with E-state index in [1.54, 1.807) is 32.0 Å². The second kappa shape index (κ2) is 5.09. The molecular formula is C14H20N2O3. The summed E-state index contributed by atoms with van der Waals surface area (Å²) in [6.45, 7) is 5.16. The molecule has 1 aromatic carbocycles. The molecule has 0 saturated carbocycles. The Balaban J connectivity index is 2.25. The summed E-state index contributed by atoms with van der Waals surface area (Å²) in [6, 6.07) is 5.09. The number of benzene rings is 1. The lowest BCUT2D eigenvalue weighted by Gasteiger charge is -2.22. The molecule has 0 radical (unpaired) electrons. The minimum Gasteiger partial charge on any atom is -0.462 e. The Kier molecular flexibility index (Phi) is 3.66. The van der Waals surface area contributed by atoms with Crippen LogP contribution in [-0.2, 0) is 4.74 Å². The van der Waals surface area contributed by atoms with E-state index in [4.69, 9.17) is 10.5 Å². The number of ether oxygens (including phenoxy) is 1. The number of nitrogens with two attached hydrogens (primary N) is 1. The number of aliphatic hydroxyl groups is 1. The van der Waals surface area contributed by atoms with Gasteiger partial charge in [-0.3, -0.25) is 0 Å². The van der Waals surface area contributed by atoms with Gasteiger partial charge in [0.15, 0.2) is 0 Å². The van der Waals surface area contributed by atoms with Crippen molar-refractivity contribution < 1.29 is 14.6 Å². The molecule has 0 spiro atoms. The zero-order valence-electron chi connectivity index (χ0n) is 11.3. The van der Waals surface area contributed by atoms with Gasteiger partial charge in [-0.1, -0.05) is 0 Å². The van der Waals surface area contributed by atoms with Gasteiger partial charge < -0.3 is 20.5 Å². The van der Waals surface area contributed by atoms with E-state index < -0.39 is 5.60 Å². The molecule has 19 heavy (non-hydrogen) atoms. The molecule has 1 unspecified atom stereocenters. The Hall–Kier alpha value is -1.75. The van der Waals surface area contributed by atoms with E-state index in [0.29, 0.717) is 30.8 Å². The third kappa shape index (κ3) is 2.98. The molecule has 5 heteroatoms. The molecule has 1 heterocycles. The molecule has 0 amide bonds. The highest BCUT2D eigenvalue weighted by Crippen LogP contribution is 2.31. The van der Waals surface area contributed by atoms with Gasteiger partial charge in [0.25, 0.3) is 0 Å². The average molecular weight is 264 g/mol. The molecule has 104 valence electrons. The topological polar surface area (TPSA) is 75.8 Å². The van der Waals surface area contributed by atoms with E-state index in [1.807, 2.05) is 4.90 Å². The van der Waals surface area contributed by atoms with Crippen LogP contribution in [0.4, 0.5) is 11.4 Å². The highest BCUT2D eigenvalue weighted by atomic mass is 16.5. The van der Waals surface area contributed by atoms with Crippen LogP contribution in [0.1, 0.15) is 30.6 Å². The van der Waals surface area contributed by atoms with Gasteiger partial charge >= 0.3 is 5.97 Å². The fourth-order valence-corrected chi connectivity index (χ4v) is 2.31. The third-order valence-electron chi connectivity index (χ3n) is 3.33. The van der Waals surface area contributed by atoms with E-state index in [2.05, 4.69) is 0 Å². The predicted octanol–water partition coefficient (Wildman–Crippen LogP) is 1.41. The fourth-order valence-electron chi connectivity index (χ4n) is 2.31. The van der Waals surface area contributed by atoms with Crippen molar-refractivity contribution in [2.45, 2.75) is 25.9 Å². The fraction of sp³-hybridized carbons (Fsp3) is 0.500. The number of nitrogen functional groups attached to an aromatic ring is 1. The molecule has 1 saturated heterocycles. The highest BCUT2D eigenvalue weighted by Gasteiger charge is 2.32. The summed E-state index contributed by atoms with van der Waals surface area (Å²) in [7, 11) is 0. The van der Waals surface area contributed by atoms with Gasteiger partial charge in [-0.2, -0.15) is 0 Å². The van der Waals surface area contributed by atoms with Gasteiger partial charge in [0.2, 0.25) is 0 Å². The van der Waals surface area contributed by atoms with Crippen LogP contribution in [-0.4, -0.2) is 36.4 Å². The van der Waals surface area contributed by atoms with Crippen molar-refractivity contribution in [2.24, 2.45) is 0 Å². The molecule has 1 aliphatic rings. The second-order valence-electron chi connectivity index (χ2n) is 5.16. The molecule has 1 aromatic rings. The molecule has 2 rings (SSSR count). The SMILES string of the molecule is CCOC(=O)c1ccc(N)c(N2CCC(C)(O)C2)c1. The van der Waals surface area contributed by atoms with Crippen LogP contribution in [0.15, 0.2) is 18.2 Å². The smallest absolute Gasteiger partial charge is 0.338 e. The van der Waals surface area contributed by atoms with Crippen LogP contribution in [0.5, 0.6) is 0 Å². The Morgan fingerprint density at radius 2 is 2.32 bits per heavy atom. The van der Waals surface area contributed by atoms with Gasteiger partial charge in [0.1, 0.15) is 0 Å². The maximum atomic E-state index is 11.7. The molecule has 1 fully saturated rings. The molecule has 1 atom stereocenters. The van der Waals surface area contributed by atoms with E-state index in [9.17, 15) is 9.90 Å². The first-order valence-electron chi connectivity index (χ1n) is 6.47. The van der Waals surface area contributed by atoms with Gasteiger partial charge in [-0.15, -0.1) is 0 Å². The van der Waals surface area contributed by atoms with Crippen LogP contribution in [0, 0.1) is 0 Å². The van der Waals surface area contributed by atoms with Crippen LogP contribution >= 0.6 is 0 Å². The van der Waals surface area contributed by atoms with Gasteiger partial charge in [0.05, 0.1) is 29.1 Å². The number of esters is 1. The van der Waals surface area contributed by atoms with E-state index >= 15 is 0 Å². The highest BCUT2D eigenvalue weighted by molar-refractivity contribution is 5.92. The lowest BCUT2D eigenvalue weighted by Crippen LogP contribution is -2.30. The van der Waals surface area contributed by atoms with Crippen molar-refractivity contribution in [3.63, 3.8) is 0 Å². The van der Waals surface area contributed by atoms with E-state index in [-0.39, 0.29) is 5.97 Å². The summed E-state index contributed by atoms with van der Waals surface area (Å²) in [5.41, 5.74) is 7.12. The molecule has 5 nitrogen and oxygen atoms in total. The lowest BCUT2D eigenvalue weighted by molar-refractivity contribution is 0.0526. The first-order valence-corrected chi connectivity index (χ1v) is 6.47. The van der Waals surface area contributed by atoms with Gasteiger partial charge in [-0.25, -0.2) is 4.79 Å². The van der Waals surface area contributed by atoms with Crippen molar-refractivity contribution in [2.75, 3.05) is 30.3 Å². The maximum Gasteiger partial charge on any atom is 0.338 e. The number of hydrogen-bond acceptors (Lipinski definition) is 5. The van der Waals surface area contributed by atoms with Gasteiger partial charge in [-0.05, 0) is 38.5 Å². The molecule has 0 aromatic heterocycles. The molecule has 0 bridgehead atoms. The summed E-state index contributed by atoms with van der Waals surface area (Å²) < 4.78 is 4.98.